The average molecular weight is 775 g/mol. The molecule has 0 amide bonds. The van der Waals surface area contributed by atoms with Crippen molar-refractivity contribution in [3.63, 3.8) is 0 Å². The molecule has 0 radical (unpaired) electrons. The zero-order valence-electron chi connectivity index (χ0n) is 33.3. The molecule has 2 heterocycles. The number of nitrogens with one attached hydrogen (secondary N) is 2. The topological polar surface area (TPSA) is 118 Å². The second kappa shape index (κ2) is 18.8. The first-order chi connectivity index (χ1) is 28.3. The van der Waals surface area contributed by atoms with Crippen LogP contribution in [0.25, 0.3) is 49.6 Å². The van der Waals surface area contributed by atoms with E-state index in [0.717, 1.165) is 113 Å². The lowest BCUT2D eigenvalue weighted by atomic mass is 9.85. The van der Waals surface area contributed by atoms with Crippen LogP contribution in [0.3, 0.4) is 0 Å². The van der Waals surface area contributed by atoms with E-state index in [1.165, 1.54) is 0 Å². The molecule has 2 aliphatic rings. The molecule has 8 nitrogen and oxygen atoms in total. The molecule has 2 N–H and O–H groups in total. The Hall–Kier alpha value is -6.28. The molecule has 2 aromatic heterocycles. The Balaban J connectivity index is 0.000000177. The molecule has 8 heteroatoms. The number of aromatic nitrogens is 2. The number of esters is 2. The van der Waals surface area contributed by atoms with Crippen molar-refractivity contribution in [2.45, 2.75) is 77.6 Å². The normalized spacial score (nSPS) is 14.5. The third kappa shape index (κ3) is 9.13. The second-order valence-corrected chi connectivity index (χ2v) is 14.9. The van der Waals surface area contributed by atoms with Gasteiger partial charge in [0.25, 0.3) is 11.1 Å². The highest BCUT2D eigenvalue weighted by Crippen LogP contribution is 2.33. The Morgan fingerprint density at radius 2 is 1.17 bits per heavy atom. The van der Waals surface area contributed by atoms with Crippen molar-refractivity contribution in [2.75, 3.05) is 13.2 Å². The Morgan fingerprint density at radius 3 is 1.72 bits per heavy atom. The molecular weight excluding hydrogens is 725 g/mol. The molecule has 0 spiro atoms. The van der Waals surface area contributed by atoms with Crippen molar-refractivity contribution in [1.29, 1.82) is 0 Å². The number of fused-ring (bicyclic) bond motifs is 2. The molecule has 0 bridgehead atoms. The molecule has 4 aromatic carbocycles. The number of rotatable bonds is 9. The van der Waals surface area contributed by atoms with E-state index in [-0.39, 0.29) is 17.1 Å². The van der Waals surface area contributed by atoms with E-state index in [2.05, 4.69) is 52.4 Å². The molecular formula is C50H50N2O6. The Bertz CT molecular complexity index is 2620. The highest BCUT2D eigenvalue weighted by molar-refractivity contribution is 6.17. The van der Waals surface area contributed by atoms with Crippen LogP contribution in [0.1, 0.15) is 88.7 Å². The second-order valence-electron chi connectivity index (χ2n) is 14.9. The van der Waals surface area contributed by atoms with Crippen molar-refractivity contribution in [2.24, 2.45) is 0 Å². The Morgan fingerprint density at radius 1 is 0.603 bits per heavy atom. The number of ether oxygens (including phenoxy) is 2. The van der Waals surface area contributed by atoms with E-state index in [4.69, 9.17) is 9.47 Å². The number of carbonyl (C=O) groups is 2. The summed E-state index contributed by atoms with van der Waals surface area (Å²) in [7, 11) is 0. The van der Waals surface area contributed by atoms with Crippen LogP contribution in [0.15, 0.2) is 136 Å². The van der Waals surface area contributed by atoms with Gasteiger partial charge in [0.2, 0.25) is 0 Å². The molecule has 0 aliphatic heterocycles. The SMILES string of the molecule is CCOC(=O)C(=C1CCCCC1)c1ccc(-c2ccc3ccccc3c2)[nH]c1=O.CCOC(=O)C(C1=CCCCC1)c1ccc(-c2ccc3ccccc3c2)[nH]c1=O. The number of hydrogen-bond donors (Lipinski definition) is 2. The van der Waals surface area contributed by atoms with E-state index < -0.39 is 11.9 Å². The number of allylic oxidation sites excluding steroid dienone is 2. The summed E-state index contributed by atoms with van der Waals surface area (Å²) in [6, 6.07) is 35.8. The maximum Gasteiger partial charge on any atom is 0.338 e. The molecule has 2 aliphatic carbocycles. The van der Waals surface area contributed by atoms with Crippen LogP contribution >= 0.6 is 0 Å². The number of carbonyl (C=O) groups excluding carboxylic acids is 2. The first-order valence-electron chi connectivity index (χ1n) is 20.5. The van der Waals surface area contributed by atoms with Crippen LogP contribution in [0.2, 0.25) is 0 Å². The zero-order valence-corrected chi connectivity index (χ0v) is 33.3. The van der Waals surface area contributed by atoms with Gasteiger partial charge in [0.15, 0.2) is 0 Å². The summed E-state index contributed by atoms with van der Waals surface area (Å²) in [6.45, 7) is 4.17. The van der Waals surface area contributed by atoms with E-state index >= 15 is 0 Å². The van der Waals surface area contributed by atoms with E-state index in [0.29, 0.717) is 29.9 Å². The molecule has 8 rings (SSSR count). The predicted molar refractivity (Wildman–Crippen MR) is 233 cm³/mol. The summed E-state index contributed by atoms with van der Waals surface area (Å²) in [5.74, 6) is -1.36. The molecule has 1 atom stereocenters. The molecule has 1 saturated carbocycles. The minimum Gasteiger partial charge on any atom is -0.465 e. The number of aromatic amines is 2. The van der Waals surface area contributed by atoms with Crippen molar-refractivity contribution in [1.82, 2.24) is 9.97 Å². The fourth-order valence-electron chi connectivity index (χ4n) is 8.14. The zero-order chi connectivity index (χ0) is 40.4. The maximum absolute atomic E-state index is 13.0. The van der Waals surface area contributed by atoms with Crippen LogP contribution in [0.4, 0.5) is 0 Å². The van der Waals surface area contributed by atoms with Crippen LogP contribution < -0.4 is 11.1 Å². The Labute approximate surface area is 338 Å². The molecule has 6 aromatic rings. The quantitative estimate of drug-likeness (QED) is 0.0858. The molecule has 0 saturated heterocycles. The van der Waals surface area contributed by atoms with E-state index in [1.54, 1.807) is 26.0 Å². The van der Waals surface area contributed by atoms with Crippen LogP contribution in [-0.4, -0.2) is 35.1 Å². The van der Waals surface area contributed by atoms with Crippen molar-refractivity contribution in [3.05, 3.63) is 158 Å². The summed E-state index contributed by atoms with van der Waals surface area (Å²) in [6.07, 6.45) is 11.0. The Kier molecular flexibility index (Phi) is 12.9. The van der Waals surface area contributed by atoms with E-state index in [9.17, 15) is 19.2 Å². The van der Waals surface area contributed by atoms with Crippen LogP contribution in [-0.2, 0) is 19.1 Å². The number of hydrogen-bond acceptors (Lipinski definition) is 6. The number of benzene rings is 4. The van der Waals surface area contributed by atoms with Gasteiger partial charge in [-0.15, -0.1) is 0 Å². The summed E-state index contributed by atoms with van der Waals surface area (Å²) in [5, 5.41) is 4.54. The molecule has 1 unspecified atom stereocenters. The van der Waals surface area contributed by atoms with Crippen LogP contribution in [0.5, 0.6) is 0 Å². The minimum atomic E-state index is -0.621. The highest BCUT2D eigenvalue weighted by Gasteiger charge is 2.29. The average Bonchev–Trinajstić information content (AvgIpc) is 3.26. The third-order valence-corrected chi connectivity index (χ3v) is 11.1. The van der Waals surface area contributed by atoms with Gasteiger partial charge in [-0.3, -0.25) is 14.4 Å². The first-order valence-corrected chi connectivity index (χ1v) is 20.5. The lowest BCUT2D eigenvalue weighted by molar-refractivity contribution is -0.144. The number of H-pyrrole nitrogens is 2. The monoisotopic (exact) mass is 774 g/mol. The van der Waals surface area contributed by atoms with Gasteiger partial charge in [0.1, 0.15) is 5.92 Å². The third-order valence-electron chi connectivity index (χ3n) is 11.1. The summed E-state index contributed by atoms with van der Waals surface area (Å²) in [4.78, 5) is 57.3. The van der Waals surface area contributed by atoms with Gasteiger partial charge in [-0.05, 0) is 128 Å². The fraction of sp³-hybridized carbons (Fsp3) is 0.280. The van der Waals surface area contributed by atoms with Crippen molar-refractivity contribution in [3.8, 4) is 22.5 Å². The predicted octanol–water partition coefficient (Wildman–Crippen LogP) is 10.8. The first kappa shape index (κ1) is 39.9. The van der Waals surface area contributed by atoms with Crippen molar-refractivity contribution >= 4 is 39.1 Å². The van der Waals surface area contributed by atoms with Gasteiger partial charge in [-0.25, -0.2) is 4.79 Å². The highest BCUT2D eigenvalue weighted by atomic mass is 16.5. The van der Waals surface area contributed by atoms with Gasteiger partial charge in [-0.2, -0.15) is 0 Å². The van der Waals surface area contributed by atoms with Crippen LogP contribution in [0, 0.1) is 0 Å². The summed E-state index contributed by atoms with van der Waals surface area (Å²) >= 11 is 0. The van der Waals surface area contributed by atoms with Crippen molar-refractivity contribution < 1.29 is 19.1 Å². The minimum absolute atomic E-state index is 0.236. The van der Waals surface area contributed by atoms with Gasteiger partial charge < -0.3 is 19.4 Å². The maximum atomic E-state index is 13.0. The summed E-state index contributed by atoms with van der Waals surface area (Å²) < 4.78 is 10.6. The molecule has 1 fully saturated rings. The largest absolute Gasteiger partial charge is 0.465 e. The van der Waals surface area contributed by atoms with Gasteiger partial charge in [0.05, 0.1) is 24.4 Å². The van der Waals surface area contributed by atoms with Gasteiger partial charge >= 0.3 is 11.9 Å². The fourth-order valence-corrected chi connectivity index (χ4v) is 8.14. The lowest BCUT2D eigenvalue weighted by Gasteiger charge is -2.22. The molecule has 58 heavy (non-hydrogen) atoms. The van der Waals surface area contributed by atoms with Gasteiger partial charge in [-0.1, -0.05) is 103 Å². The van der Waals surface area contributed by atoms with Gasteiger partial charge in [0, 0.05) is 17.0 Å². The number of pyridine rings is 2. The standard InChI is InChI=1S/2C25H25NO3/c2*1-2-29-25(28)23(18-9-4-3-5-10-18)21-14-15-22(26-24(21)27)20-13-12-17-8-6-7-11-19(17)16-20/h6-8,11-16H,2-5,9-10H2,1H3,(H,26,27);6-9,11-16,23H,2-5,10H2,1H3,(H,26,27). The summed E-state index contributed by atoms with van der Waals surface area (Å²) in [5.41, 5.74) is 6.23. The smallest absolute Gasteiger partial charge is 0.338 e. The van der Waals surface area contributed by atoms with E-state index in [1.807, 2.05) is 60.7 Å². The molecule has 296 valence electrons. The lowest BCUT2D eigenvalue weighted by Crippen LogP contribution is -2.26.